The largest absolute Gasteiger partial charge is 0.507 e. The molecule has 1 amide bonds. The number of anilines is 1. The van der Waals surface area contributed by atoms with Crippen molar-refractivity contribution >= 4 is 34.7 Å². The van der Waals surface area contributed by atoms with Crippen LogP contribution in [0.15, 0.2) is 66.2 Å². The number of carbonyl (C=O) groups is 2. The van der Waals surface area contributed by atoms with Gasteiger partial charge in [-0.3, -0.25) is 14.5 Å². The zero-order chi connectivity index (χ0) is 25.3. The summed E-state index contributed by atoms with van der Waals surface area (Å²) in [5.41, 5.74) is 2.06. The SMILES string of the molecule is COc1ccc(C2/C(=C(/O)c3ccc(OC)cc3OC)C(=O)C(=O)N2c2ccc(C)c(Cl)c2)cc1. The molecule has 1 atom stereocenters. The number of aryl methyl sites for hydroxylation is 1. The highest BCUT2D eigenvalue weighted by molar-refractivity contribution is 6.52. The summed E-state index contributed by atoms with van der Waals surface area (Å²) in [6.07, 6.45) is 0. The monoisotopic (exact) mass is 493 g/mol. The van der Waals surface area contributed by atoms with E-state index in [9.17, 15) is 14.7 Å². The summed E-state index contributed by atoms with van der Waals surface area (Å²) in [6.45, 7) is 1.84. The van der Waals surface area contributed by atoms with Gasteiger partial charge in [-0.05, 0) is 54.4 Å². The van der Waals surface area contributed by atoms with Gasteiger partial charge < -0.3 is 19.3 Å². The minimum atomic E-state index is -0.911. The van der Waals surface area contributed by atoms with Gasteiger partial charge in [0, 0.05) is 16.8 Å². The lowest BCUT2D eigenvalue weighted by Crippen LogP contribution is -2.29. The number of ketones is 1. The molecule has 1 aliphatic rings. The lowest BCUT2D eigenvalue weighted by Gasteiger charge is -2.26. The Labute approximate surface area is 208 Å². The summed E-state index contributed by atoms with van der Waals surface area (Å²) in [5.74, 6) is -0.539. The molecule has 1 unspecified atom stereocenters. The minimum Gasteiger partial charge on any atom is -0.507 e. The highest BCUT2D eigenvalue weighted by Crippen LogP contribution is 2.44. The third-order valence-corrected chi connectivity index (χ3v) is 6.38. The van der Waals surface area contributed by atoms with Crippen LogP contribution >= 0.6 is 11.6 Å². The Morgan fingerprint density at radius 3 is 2.14 bits per heavy atom. The molecule has 0 spiro atoms. The second-order valence-corrected chi connectivity index (χ2v) is 8.35. The zero-order valence-corrected chi connectivity index (χ0v) is 20.4. The van der Waals surface area contributed by atoms with Crippen molar-refractivity contribution in [3.8, 4) is 17.2 Å². The van der Waals surface area contributed by atoms with Crippen molar-refractivity contribution in [2.75, 3.05) is 26.2 Å². The Morgan fingerprint density at radius 2 is 1.54 bits per heavy atom. The Kier molecular flexibility index (Phi) is 6.71. The molecule has 4 rings (SSSR count). The van der Waals surface area contributed by atoms with E-state index >= 15 is 0 Å². The average molecular weight is 494 g/mol. The van der Waals surface area contributed by atoms with E-state index in [1.165, 1.54) is 19.1 Å². The third kappa shape index (κ3) is 4.31. The second kappa shape index (κ2) is 9.72. The van der Waals surface area contributed by atoms with E-state index in [0.717, 1.165) is 5.56 Å². The number of hydrogen-bond acceptors (Lipinski definition) is 6. The molecule has 1 saturated heterocycles. The highest BCUT2D eigenvalue weighted by Gasteiger charge is 2.47. The van der Waals surface area contributed by atoms with Crippen LogP contribution in [0.3, 0.4) is 0 Å². The van der Waals surface area contributed by atoms with E-state index in [1.54, 1.807) is 67.8 Å². The summed E-state index contributed by atoms with van der Waals surface area (Å²) in [7, 11) is 4.50. The van der Waals surface area contributed by atoms with Crippen LogP contribution in [0.1, 0.15) is 22.7 Å². The number of carbonyl (C=O) groups excluding carboxylic acids is 2. The highest BCUT2D eigenvalue weighted by atomic mass is 35.5. The zero-order valence-electron chi connectivity index (χ0n) is 19.7. The fraction of sp³-hybridized carbons (Fsp3) is 0.185. The van der Waals surface area contributed by atoms with Crippen molar-refractivity contribution in [2.24, 2.45) is 0 Å². The van der Waals surface area contributed by atoms with Crippen LogP contribution < -0.4 is 19.1 Å². The first-order valence-corrected chi connectivity index (χ1v) is 11.1. The Balaban J connectivity index is 1.96. The lowest BCUT2D eigenvalue weighted by molar-refractivity contribution is -0.132. The van der Waals surface area contributed by atoms with Crippen LogP contribution in [-0.2, 0) is 9.59 Å². The third-order valence-electron chi connectivity index (χ3n) is 5.97. The molecule has 0 bridgehead atoms. The molecule has 1 N–H and O–H groups in total. The second-order valence-electron chi connectivity index (χ2n) is 7.94. The Hall–Kier alpha value is -3.97. The standard InChI is InChI=1S/C27H24ClNO6/c1-15-5-8-17(13-21(15)28)29-24(16-6-9-18(33-2)10-7-16)23(26(31)27(29)32)25(30)20-12-11-19(34-3)14-22(20)35-4/h5-14,24,30H,1-4H3/b25-23-. The van der Waals surface area contributed by atoms with Crippen LogP contribution in [0.2, 0.25) is 5.02 Å². The summed E-state index contributed by atoms with van der Waals surface area (Å²) < 4.78 is 15.9. The molecule has 1 heterocycles. The summed E-state index contributed by atoms with van der Waals surface area (Å²) >= 11 is 6.34. The smallest absolute Gasteiger partial charge is 0.300 e. The first-order valence-electron chi connectivity index (χ1n) is 10.7. The topological polar surface area (TPSA) is 85.3 Å². The van der Waals surface area contributed by atoms with Crippen LogP contribution in [0.25, 0.3) is 5.76 Å². The van der Waals surface area contributed by atoms with Gasteiger partial charge >= 0.3 is 0 Å². The van der Waals surface area contributed by atoms with Gasteiger partial charge in [-0.15, -0.1) is 0 Å². The molecular formula is C27H24ClNO6. The fourth-order valence-corrected chi connectivity index (χ4v) is 4.25. The molecule has 8 heteroatoms. The maximum Gasteiger partial charge on any atom is 0.300 e. The van der Waals surface area contributed by atoms with Crippen molar-refractivity contribution in [1.82, 2.24) is 0 Å². The molecule has 3 aromatic carbocycles. The predicted molar refractivity (Wildman–Crippen MR) is 134 cm³/mol. The molecule has 180 valence electrons. The number of benzene rings is 3. The van der Waals surface area contributed by atoms with E-state index < -0.39 is 17.7 Å². The van der Waals surface area contributed by atoms with E-state index in [0.29, 0.717) is 33.5 Å². The number of aliphatic hydroxyl groups excluding tert-OH is 1. The fourth-order valence-electron chi connectivity index (χ4n) is 4.07. The maximum absolute atomic E-state index is 13.4. The predicted octanol–water partition coefficient (Wildman–Crippen LogP) is 5.30. The van der Waals surface area contributed by atoms with Crippen molar-refractivity contribution in [3.05, 3.63) is 87.9 Å². The number of ether oxygens (including phenoxy) is 3. The van der Waals surface area contributed by atoms with E-state index in [4.69, 9.17) is 25.8 Å². The minimum absolute atomic E-state index is 0.0691. The number of halogens is 1. The number of methoxy groups -OCH3 is 3. The Morgan fingerprint density at radius 1 is 0.886 bits per heavy atom. The maximum atomic E-state index is 13.4. The molecule has 35 heavy (non-hydrogen) atoms. The molecule has 1 aliphatic heterocycles. The van der Waals surface area contributed by atoms with Crippen molar-refractivity contribution in [1.29, 1.82) is 0 Å². The molecule has 0 aliphatic carbocycles. The van der Waals surface area contributed by atoms with Gasteiger partial charge in [0.15, 0.2) is 0 Å². The van der Waals surface area contributed by atoms with Crippen LogP contribution in [0, 0.1) is 6.92 Å². The lowest BCUT2D eigenvalue weighted by atomic mass is 9.94. The molecule has 0 saturated carbocycles. The van der Waals surface area contributed by atoms with E-state index in [2.05, 4.69) is 0 Å². The van der Waals surface area contributed by atoms with Crippen LogP contribution in [-0.4, -0.2) is 38.1 Å². The molecule has 1 fully saturated rings. The van der Waals surface area contributed by atoms with Crippen LogP contribution in [0.4, 0.5) is 5.69 Å². The van der Waals surface area contributed by atoms with Crippen molar-refractivity contribution < 1.29 is 28.9 Å². The molecule has 0 radical (unpaired) electrons. The number of hydrogen-bond donors (Lipinski definition) is 1. The van der Waals surface area contributed by atoms with Crippen molar-refractivity contribution in [2.45, 2.75) is 13.0 Å². The normalized spacial score (nSPS) is 16.9. The summed E-state index contributed by atoms with van der Waals surface area (Å²) in [5, 5.41) is 11.8. The van der Waals surface area contributed by atoms with E-state index in [1.807, 2.05) is 6.92 Å². The average Bonchev–Trinajstić information content (AvgIpc) is 3.15. The number of rotatable bonds is 6. The molecular weight excluding hydrogens is 470 g/mol. The van der Waals surface area contributed by atoms with Crippen LogP contribution in [0.5, 0.6) is 17.2 Å². The first kappa shape index (κ1) is 24.2. The molecule has 3 aromatic rings. The van der Waals surface area contributed by atoms with Gasteiger partial charge in [0.1, 0.15) is 23.0 Å². The van der Waals surface area contributed by atoms with Crippen molar-refractivity contribution in [3.63, 3.8) is 0 Å². The van der Waals surface area contributed by atoms with Gasteiger partial charge in [0.2, 0.25) is 0 Å². The first-order chi connectivity index (χ1) is 16.8. The number of nitrogens with zero attached hydrogens (tertiary/aromatic N) is 1. The van der Waals surface area contributed by atoms with Gasteiger partial charge in [-0.2, -0.15) is 0 Å². The number of amides is 1. The van der Waals surface area contributed by atoms with E-state index in [-0.39, 0.29) is 16.9 Å². The molecule has 7 nitrogen and oxygen atoms in total. The number of aliphatic hydroxyl groups is 1. The quantitative estimate of drug-likeness (QED) is 0.285. The molecule has 0 aromatic heterocycles. The summed E-state index contributed by atoms with van der Waals surface area (Å²) in [6, 6.07) is 16.0. The Bertz CT molecular complexity index is 1330. The number of Topliss-reactive ketones (excluding diaryl/α,β-unsaturated/α-hetero) is 1. The van der Waals surface area contributed by atoms with Gasteiger partial charge in [0.25, 0.3) is 11.7 Å². The summed E-state index contributed by atoms with van der Waals surface area (Å²) in [4.78, 5) is 28.0. The van der Waals surface area contributed by atoms with Gasteiger partial charge in [-0.25, -0.2) is 0 Å². The van der Waals surface area contributed by atoms with Gasteiger partial charge in [-0.1, -0.05) is 29.8 Å². The van der Waals surface area contributed by atoms with Gasteiger partial charge in [0.05, 0.1) is 38.5 Å².